The Hall–Kier alpha value is -2.32. The van der Waals surface area contributed by atoms with E-state index in [9.17, 15) is 5.21 Å². The third kappa shape index (κ3) is 2.26. The van der Waals surface area contributed by atoms with Gasteiger partial charge in [0.25, 0.3) is 0 Å². The van der Waals surface area contributed by atoms with Gasteiger partial charge in [-0.25, -0.2) is 0 Å². The number of hydrogen-bond donors (Lipinski definition) is 0. The maximum atomic E-state index is 12.7. The summed E-state index contributed by atoms with van der Waals surface area (Å²) in [7, 11) is 0. The normalized spacial score (nSPS) is 10.9. The van der Waals surface area contributed by atoms with Crippen LogP contribution in [0.1, 0.15) is 18.3 Å². The molecular weight excluding hydrogens is 294 g/mol. The molecule has 110 valence electrons. The van der Waals surface area contributed by atoms with Gasteiger partial charge >= 0.3 is 0 Å². The van der Waals surface area contributed by atoms with Crippen LogP contribution in [0.25, 0.3) is 27.5 Å². The Labute approximate surface area is 134 Å². The molecule has 3 rings (SSSR count). The SMILES string of the molecule is C=C(C)c1c(-c2ccccc2)c2cc(Cl)ccc2c(C)[n+]1[O-]. The van der Waals surface area contributed by atoms with E-state index >= 15 is 0 Å². The summed E-state index contributed by atoms with van der Waals surface area (Å²) in [5.41, 5.74) is 3.85. The first-order chi connectivity index (χ1) is 10.5. The van der Waals surface area contributed by atoms with E-state index in [2.05, 4.69) is 6.58 Å². The van der Waals surface area contributed by atoms with Gasteiger partial charge < -0.3 is 5.21 Å². The van der Waals surface area contributed by atoms with Crippen molar-refractivity contribution in [2.75, 3.05) is 0 Å². The summed E-state index contributed by atoms with van der Waals surface area (Å²) in [6, 6.07) is 15.5. The van der Waals surface area contributed by atoms with Gasteiger partial charge in [-0.15, -0.1) is 0 Å². The van der Waals surface area contributed by atoms with Crippen LogP contribution in [0.3, 0.4) is 0 Å². The van der Waals surface area contributed by atoms with Crippen LogP contribution < -0.4 is 4.73 Å². The third-order valence-corrected chi connectivity index (χ3v) is 4.09. The van der Waals surface area contributed by atoms with E-state index in [1.54, 1.807) is 0 Å². The Bertz CT molecular complexity index is 885. The highest BCUT2D eigenvalue weighted by Gasteiger charge is 2.23. The highest BCUT2D eigenvalue weighted by Crippen LogP contribution is 2.35. The molecule has 0 saturated heterocycles. The number of fused-ring (bicyclic) bond motifs is 1. The lowest BCUT2D eigenvalue weighted by atomic mass is 9.93. The van der Waals surface area contributed by atoms with Crippen molar-refractivity contribution < 1.29 is 4.73 Å². The molecule has 0 atom stereocenters. The molecule has 0 aliphatic heterocycles. The molecule has 3 aromatic rings. The van der Waals surface area contributed by atoms with Crippen molar-refractivity contribution in [3.05, 3.63) is 76.7 Å². The number of hydrogen-bond acceptors (Lipinski definition) is 1. The summed E-state index contributed by atoms with van der Waals surface area (Å²) in [5.74, 6) is 0. The van der Waals surface area contributed by atoms with Gasteiger partial charge in [0.15, 0.2) is 5.69 Å². The highest BCUT2D eigenvalue weighted by molar-refractivity contribution is 6.31. The largest absolute Gasteiger partial charge is 0.618 e. The van der Waals surface area contributed by atoms with Crippen molar-refractivity contribution in [3.63, 3.8) is 0 Å². The van der Waals surface area contributed by atoms with Crippen molar-refractivity contribution in [1.82, 2.24) is 0 Å². The summed E-state index contributed by atoms with van der Waals surface area (Å²) in [6.45, 7) is 7.67. The Kier molecular flexibility index (Phi) is 3.63. The minimum absolute atomic E-state index is 0.596. The average Bonchev–Trinajstić information content (AvgIpc) is 2.51. The molecule has 2 aromatic carbocycles. The first kappa shape index (κ1) is 14.6. The fraction of sp³-hybridized carbons (Fsp3) is 0.105. The Morgan fingerprint density at radius 2 is 1.77 bits per heavy atom. The van der Waals surface area contributed by atoms with E-state index in [-0.39, 0.29) is 0 Å². The molecule has 2 nitrogen and oxygen atoms in total. The number of nitrogens with zero attached hydrogens (tertiary/aromatic N) is 1. The van der Waals surface area contributed by atoms with E-state index in [0.717, 1.165) is 32.2 Å². The highest BCUT2D eigenvalue weighted by atomic mass is 35.5. The lowest BCUT2D eigenvalue weighted by Gasteiger charge is -2.16. The van der Waals surface area contributed by atoms with Gasteiger partial charge in [-0.2, -0.15) is 4.73 Å². The summed E-state index contributed by atoms with van der Waals surface area (Å²) in [4.78, 5) is 0. The van der Waals surface area contributed by atoms with E-state index < -0.39 is 0 Å². The predicted octanol–water partition coefficient (Wildman–Crippen LogP) is 5.14. The van der Waals surface area contributed by atoms with Crippen molar-refractivity contribution in [1.29, 1.82) is 0 Å². The minimum Gasteiger partial charge on any atom is -0.618 e. The lowest BCUT2D eigenvalue weighted by molar-refractivity contribution is -0.612. The van der Waals surface area contributed by atoms with Crippen molar-refractivity contribution in [3.8, 4) is 11.1 Å². The third-order valence-electron chi connectivity index (χ3n) is 3.85. The van der Waals surface area contributed by atoms with Crippen LogP contribution >= 0.6 is 11.6 Å². The van der Waals surface area contributed by atoms with E-state index in [0.29, 0.717) is 16.4 Å². The smallest absolute Gasteiger partial charge is 0.227 e. The fourth-order valence-corrected chi connectivity index (χ4v) is 3.00. The minimum atomic E-state index is 0.596. The molecule has 0 aliphatic carbocycles. The molecule has 0 spiro atoms. The van der Waals surface area contributed by atoms with Crippen molar-refractivity contribution >= 4 is 27.9 Å². The molecule has 0 saturated carbocycles. The van der Waals surface area contributed by atoms with Gasteiger partial charge in [0.2, 0.25) is 5.69 Å². The molecule has 1 heterocycles. The number of allylic oxidation sites excluding steroid dienone is 1. The second-order valence-corrected chi connectivity index (χ2v) is 5.88. The van der Waals surface area contributed by atoms with Crippen LogP contribution in [-0.2, 0) is 0 Å². The number of pyridine rings is 1. The van der Waals surface area contributed by atoms with Crippen LogP contribution in [-0.4, -0.2) is 0 Å². The molecule has 22 heavy (non-hydrogen) atoms. The van der Waals surface area contributed by atoms with E-state index in [1.807, 2.05) is 62.4 Å². The van der Waals surface area contributed by atoms with Crippen molar-refractivity contribution in [2.45, 2.75) is 13.8 Å². The maximum absolute atomic E-state index is 12.7. The molecule has 0 amide bonds. The summed E-state index contributed by atoms with van der Waals surface area (Å²) < 4.78 is 0.973. The standard InChI is InChI=1S/C19H16ClNO/c1-12(2)19-18(14-7-5-4-6-8-14)17-11-15(20)9-10-16(17)13(3)21(19)22/h4-11H,1H2,2-3H3. The van der Waals surface area contributed by atoms with E-state index in [4.69, 9.17) is 11.6 Å². The maximum Gasteiger partial charge on any atom is 0.227 e. The second kappa shape index (κ2) is 5.47. The molecule has 0 bridgehead atoms. The zero-order valence-electron chi connectivity index (χ0n) is 12.6. The first-order valence-electron chi connectivity index (χ1n) is 7.07. The first-order valence-corrected chi connectivity index (χ1v) is 7.45. The van der Waals surface area contributed by atoms with Gasteiger partial charge in [0.05, 0.1) is 10.9 Å². The van der Waals surface area contributed by atoms with Gasteiger partial charge in [-0.1, -0.05) is 48.5 Å². The Morgan fingerprint density at radius 1 is 1.09 bits per heavy atom. The zero-order chi connectivity index (χ0) is 15.9. The number of halogens is 1. The molecule has 0 N–H and O–H groups in total. The molecule has 0 aliphatic rings. The number of aromatic nitrogens is 1. The van der Waals surface area contributed by atoms with Gasteiger partial charge in [-0.3, -0.25) is 0 Å². The van der Waals surface area contributed by atoms with Crippen LogP contribution in [0.4, 0.5) is 0 Å². The summed E-state index contributed by atoms with van der Waals surface area (Å²) >= 11 is 6.19. The molecule has 0 fully saturated rings. The quantitative estimate of drug-likeness (QED) is 0.476. The fourth-order valence-electron chi connectivity index (χ4n) is 2.83. The molecular formula is C19H16ClNO. The van der Waals surface area contributed by atoms with Gasteiger partial charge in [-0.05, 0) is 30.7 Å². The van der Waals surface area contributed by atoms with Crippen LogP contribution in [0.2, 0.25) is 5.02 Å². The average molecular weight is 310 g/mol. The number of benzene rings is 2. The zero-order valence-corrected chi connectivity index (χ0v) is 13.3. The Morgan fingerprint density at radius 3 is 2.41 bits per heavy atom. The molecule has 3 heteroatoms. The summed E-state index contributed by atoms with van der Waals surface area (Å²) in [6.07, 6.45) is 0. The monoisotopic (exact) mass is 309 g/mol. The lowest BCUT2D eigenvalue weighted by Crippen LogP contribution is -2.35. The molecule has 0 unspecified atom stereocenters. The molecule has 1 aromatic heterocycles. The van der Waals surface area contributed by atoms with Crippen LogP contribution in [0.15, 0.2) is 55.1 Å². The number of rotatable bonds is 2. The summed E-state index contributed by atoms with van der Waals surface area (Å²) in [5, 5.41) is 15.3. The van der Waals surface area contributed by atoms with Crippen molar-refractivity contribution in [2.24, 2.45) is 0 Å². The van der Waals surface area contributed by atoms with Gasteiger partial charge in [0.1, 0.15) is 0 Å². The topological polar surface area (TPSA) is 26.9 Å². The van der Waals surface area contributed by atoms with Gasteiger partial charge in [0, 0.05) is 22.9 Å². The predicted molar refractivity (Wildman–Crippen MR) is 92.8 cm³/mol. The van der Waals surface area contributed by atoms with E-state index in [1.165, 1.54) is 0 Å². The van der Waals surface area contributed by atoms with Crippen LogP contribution in [0, 0.1) is 12.1 Å². The number of aryl methyl sites for hydroxylation is 1. The molecule has 0 radical (unpaired) electrons. The second-order valence-electron chi connectivity index (χ2n) is 5.44. The Balaban J connectivity index is 2.56. The van der Waals surface area contributed by atoms with Crippen LogP contribution in [0.5, 0.6) is 0 Å².